The zero-order valence-corrected chi connectivity index (χ0v) is 20.4. The van der Waals surface area contributed by atoms with Crippen molar-refractivity contribution in [3.8, 4) is 11.1 Å². The van der Waals surface area contributed by atoms with Crippen LogP contribution in [0.5, 0.6) is 0 Å². The molecule has 1 unspecified atom stereocenters. The lowest BCUT2D eigenvalue weighted by molar-refractivity contribution is -0.171. The van der Waals surface area contributed by atoms with Crippen molar-refractivity contribution in [2.75, 3.05) is 26.8 Å². The largest absolute Gasteiger partial charge is 0.479 e. The van der Waals surface area contributed by atoms with E-state index in [4.69, 9.17) is 9.47 Å². The van der Waals surface area contributed by atoms with Gasteiger partial charge in [-0.25, -0.2) is 9.59 Å². The molecular formula is C27H32N2O6. The van der Waals surface area contributed by atoms with Crippen molar-refractivity contribution in [1.82, 2.24) is 10.2 Å². The minimum absolute atomic E-state index is 0.0105. The second kappa shape index (κ2) is 9.70. The summed E-state index contributed by atoms with van der Waals surface area (Å²) in [5.41, 5.74) is 2.28. The van der Waals surface area contributed by atoms with Crippen LogP contribution in [0.4, 0.5) is 4.79 Å². The van der Waals surface area contributed by atoms with E-state index in [2.05, 4.69) is 29.6 Å². The second-order valence-electron chi connectivity index (χ2n) is 9.93. The number of carbonyl (C=O) groups is 3. The minimum Gasteiger partial charge on any atom is -0.479 e. The first-order valence-corrected chi connectivity index (χ1v) is 11.9. The van der Waals surface area contributed by atoms with Crippen LogP contribution in [-0.2, 0) is 19.1 Å². The third kappa shape index (κ3) is 5.03. The second-order valence-corrected chi connectivity index (χ2v) is 9.93. The maximum atomic E-state index is 12.9. The number of hydrogen-bond acceptors (Lipinski definition) is 5. The number of nitrogens with zero attached hydrogens (tertiary/aromatic N) is 1. The predicted octanol–water partition coefficient (Wildman–Crippen LogP) is 3.79. The number of methoxy groups -OCH3 is 1. The third-order valence-corrected chi connectivity index (χ3v) is 6.97. The van der Waals surface area contributed by atoms with E-state index >= 15 is 0 Å². The molecule has 35 heavy (non-hydrogen) atoms. The number of benzene rings is 2. The molecule has 2 N–H and O–H groups in total. The molecule has 2 aromatic carbocycles. The van der Waals surface area contributed by atoms with Gasteiger partial charge >= 0.3 is 12.1 Å². The van der Waals surface area contributed by atoms with Crippen molar-refractivity contribution in [1.29, 1.82) is 0 Å². The molecule has 0 aromatic heterocycles. The van der Waals surface area contributed by atoms with Gasteiger partial charge in [0.25, 0.3) is 0 Å². The number of hydrogen-bond donors (Lipinski definition) is 2. The topological polar surface area (TPSA) is 105 Å². The van der Waals surface area contributed by atoms with Gasteiger partial charge in [-0.05, 0) is 48.9 Å². The van der Waals surface area contributed by atoms with Gasteiger partial charge in [-0.15, -0.1) is 0 Å². The minimum atomic E-state index is -1.39. The number of carboxylic acid groups (broad SMARTS) is 1. The summed E-state index contributed by atoms with van der Waals surface area (Å²) >= 11 is 0. The van der Waals surface area contributed by atoms with Crippen LogP contribution in [-0.4, -0.2) is 65.9 Å². The summed E-state index contributed by atoms with van der Waals surface area (Å²) in [6.07, 6.45) is 0.298. The summed E-state index contributed by atoms with van der Waals surface area (Å²) in [6.45, 7) is 4.12. The van der Waals surface area contributed by atoms with Crippen LogP contribution in [0.1, 0.15) is 50.2 Å². The van der Waals surface area contributed by atoms with Crippen molar-refractivity contribution >= 4 is 18.0 Å². The van der Waals surface area contributed by atoms with Crippen LogP contribution in [0.15, 0.2) is 48.5 Å². The van der Waals surface area contributed by atoms with E-state index in [9.17, 15) is 19.5 Å². The van der Waals surface area contributed by atoms with Crippen molar-refractivity contribution in [3.05, 3.63) is 59.7 Å². The number of likely N-dealkylation sites (tertiary alicyclic amines) is 1. The van der Waals surface area contributed by atoms with Gasteiger partial charge in [-0.1, -0.05) is 48.5 Å². The fourth-order valence-electron chi connectivity index (χ4n) is 5.11. The van der Waals surface area contributed by atoms with Crippen LogP contribution >= 0.6 is 0 Å². The number of fused-ring (bicyclic) bond motifs is 3. The molecular weight excluding hydrogens is 448 g/mol. The van der Waals surface area contributed by atoms with Gasteiger partial charge in [0.15, 0.2) is 5.60 Å². The maximum Gasteiger partial charge on any atom is 0.407 e. The van der Waals surface area contributed by atoms with Gasteiger partial charge in [0.2, 0.25) is 5.91 Å². The summed E-state index contributed by atoms with van der Waals surface area (Å²) in [6, 6.07) is 16.2. The van der Waals surface area contributed by atoms with Gasteiger partial charge in [-0.3, -0.25) is 4.79 Å². The quantitative estimate of drug-likeness (QED) is 0.625. The smallest absolute Gasteiger partial charge is 0.407 e. The Kier molecular flexibility index (Phi) is 6.85. The van der Waals surface area contributed by atoms with Gasteiger partial charge in [0, 0.05) is 31.5 Å². The molecule has 0 radical (unpaired) electrons. The van der Waals surface area contributed by atoms with Gasteiger partial charge in [0.05, 0.1) is 6.54 Å². The average molecular weight is 481 g/mol. The van der Waals surface area contributed by atoms with E-state index in [0.717, 1.165) is 22.3 Å². The van der Waals surface area contributed by atoms with E-state index in [1.165, 1.54) is 12.0 Å². The highest BCUT2D eigenvalue weighted by Crippen LogP contribution is 2.44. The van der Waals surface area contributed by atoms with E-state index in [-0.39, 0.29) is 31.4 Å². The Bertz CT molecular complexity index is 1080. The number of alkyl carbamates (subject to hydrolysis) is 1. The molecule has 1 saturated heterocycles. The van der Waals surface area contributed by atoms with E-state index < -0.39 is 23.2 Å². The molecule has 0 saturated carbocycles. The number of aliphatic carboxylic acids is 1. The molecule has 1 heterocycles. The fraction of sp³-hybridized carbons (Fsp3) is 0.444. The molecule has 8 heteroatoms. The first kappa shape index (κ1) is 24.7. The molecule has 1 atom stereocenters. The SMILES string of the molecule is COC1(C(=O)O)CCCN(C(=O)CC(C)(C)NC(=O)OCC2c3ccccc3-c3ccccc32)C1. The van der Waals surface area contributed by atoms with Gasteiger partial charge in [-0.2, -0.15) is 0 Å². The number of nitrogens with one attached hydrogen (secondary N) is 1. The summed E-state index contributed by atoms with van der Waals surface area (Å²) in [4.78, 5) is 38.8. The van der Waals surface area contributed by atoms with E-state index in [0.29, 0.717) is 19.4 Å². The molecule has 1 aliphatic heterocycles. The molecule has 2 amide bonds. The molecule has 2 aromatic rings. The Morgan fingerprint density at radius 2 is 1.69 bits per heavy atom. The Hall–Kier alpha value is -3.39. The van der Waals surface area contributed by atoms with Crippen molar-refractivity contribution in [3.63, 3.8) is 0 Å². The Morgan fingerprint density at radius 1 is 1.09 bits per heavy atom. The van der Waals surface area contributed by atoms with Crippen LogP contribution < -0.4 is 5.32 Å². The average Bonchev–Trinajstić information content (AvgIpc) is 3.15. The zero-order chi connectivity index (χ0) is 25.2. The monoisotopic (exact) mass is 480 g/mol. The Labute approximate surface area is 205 Å². The lowest BCUT2D eigenvalue weighted by atomic mass is 9.91. The fourth-order valence-corrected chi connectivity index (χ4v) is 5.11. The molecule has 1 aliphatic carbocycles. The van der Waals surface area contributed by atoms with Crippen LogP contribution in [0, 0.1) is 0 Å². The maximum absolute atomic E-state index is 12.9. The predicted molar refractivity (Wildman–Crippen MR) is 130 cm³/mol. The standard InChI is InChI=1S/C27H32N2O6/c1-26(2,15-23(30)29-14-8-13-27(17-29,34-3)24(31)32)28-25(33)35-16-22-20-11-6-4-9-18(20)19-10-5-7-12-21(19)22/h4-7,9-12,22H,8,13-17H2,1-3H3,(H,28,33)(H,31,32). The van der Waals surface area contributed by atoms with Crippen LogP contribution in [0.2, 0.25) is 0 Å². The number of amides is 2. The number of carboxylic acids is 1. The number of piperidine rings is 1. The summed E-state index contributed by atoms with van der Waals surface area (Å²) in [5, 5.41) is 12.4. The normalized spacial score (nSPS) is 19.6. The van der Waals surface area contributed by atoms with Crippen molar-refractivity contribution in [2.45, 2.75) is 50.2 Å². The molecule has 186 valence electrons. The van der Waals surface area contributed by atoms with Gasteiger partial charge < -0.3 is 24.8 Å². The van der Waals surface area contributed by atoms with E-state index in [1.807, 2.05) is 24.3 Å². The lowest BCUT2D eigenvalue weighted by Crippen LogP contribution is -2.57. The molecule has 8 nitrogen and oxygen atoms in total. The van der Waals surface area contributed by atoms with Crippen LogP contribution in [0.3, 0.4) is 0 Å². The summed E-state index contributed by atoms with van der Waals surface area (Å²) in [5.74, 6) is -1.37. The molecule has 4 rings (SSSR count). The van der Waals surface area contributed by atoms with Crippen molar-refractivity contribution < 1.29 is 29.0 Å². The Balaban J connectivity index is 1.35. The van der Waals surface area contributed by atoms with Crippen molar-refractivity contribution in [2.24, 2.45) is 0 Å². The zero-order valence-electron chi connectivity index (χ0n) is 20.4. The van der Waals surface area contributed by atoms with Crippen LogP contribution in [0.25, 0.3) is 11.1 Å². The highest BCUT2D eigenvalue weighted by molar-refractivity contribution is 5.83. The summed E-state index contributed by atoms with van der Waals surface area (Å²) in [7, 11) is 1.35. The third-order valence-electron chi connectivity index (χ3n) is 6.97. The number of rotatable bonds is 7. The lowest BCUT2D eigenvalue weighted by Gasteiger charge is -2.40. The van der Waals surface area contributed by atoms with Gasteiger partial charge in [0.1, 0.15) is 6.61 Å². The van der Waals surface area contributed by atoms with E-state index in [1.54, 1.807) is 13.8 Å². The number of ether oxygens (including phenoxy) is 2. The molecule has 1 fully saturated rings. The molecule has 2 aliphatic rings. The highest BCUT2D eigenvalue weighted by atomic mass is 16.5. The summed E-state index contributed by atoms with van der Waals surface area (Å²) < 4.78 is 10.9. The first-order chi connectivity index (χ1) is 16.7. The molecule has 0 spiro atoms. The molecule has 0 bridgehead atoms. The number of carbonyl (C=O) groups excluding carboxylic acids is 2. The Morgan fingerprint density at radius 3 is 2.26 bits per heavy atom. The first-order valence-electron chi connectivity index (χ1n) is 11.9. The highest BCUT2D eigenvalue weighted by Gasteiger charge is 2.44.